The summed E-state index contributed by atoms with van der Waals surface area (Å²) in [5.74, 6) is -1.12. The number of hydrogen-bond donors (Lipinski definition) is 3. The lowest BCUT2D eigenvalue weighted by Crippen LogP contribution is -2.39. The Morgan fingerprint density at radius 1 is 1.47 bits per heavy atom. The van der Waals surface area contributed by atoms with Crippen molar-refractivity contribution < 1.29 is 9.59 Å². The molecule has 0 heterocycles. The maximum Gasteiger partial charge on any atom is 0.241 e. The fraction of sp³-hybridized carbons (Fsp3) is 0.200. The first-order valence-corrected chi connectivity index (χ1v) is 5.87. The third kappa shape index (κ3) is 3.99. The summed E-state index contributed by atoms with van der Waals surface area (Å²) >= 11 is 9.09. The summed E-state index contributed by atoms with van der Waals surface area (Å²) in [4.78, 5) is 22.2. The van der Waals surface area contributed by atoms with Gasteiger partial charge in [-0.3, -0.25) is 9.59 Å². The molecule has 1 atom stereocenters. The number of anilines is 1. The lowest BCUT2D eigenvalue weighted by Gasteiger charge is -2.12. The summed E-state index contributed by atoms with van der Waals surface area (Å²) in [7, 11) is 0. The molecule has 2 amide bonds. The van der Waals surface area contributed by atoms with Crippen LogP contribution in [0, 0.1) is 0 Å². The molecule has 1 unspecified atom stereocenters. The second kappa shape index (κ2) is 6.00. The van der Waals surface area contributed by atoms with Crippen molar-refractivity contribution in [2.24, 2.45) is 11.5 Å². The molecule has 0 saturated heterocycles. The van der Waals surface area contributed by atoms with Crippen molar-refractivity contribution in [3.05, 3.63) is 27.7 Å². The van der Waals surface area contributed by atoms with Crippen molar-refractivity contribution in [1.29, 1.82) is 0 Å². The number of amides is 2. The number of benzene rings is 1. The number of carbonyl (C=O) groups is 2. The third-order valence-electron chi connectivity index (χ3n) is 1.97. The van der Waals surface area contributed by atoms with Crippen molar-refractivity contribution in [2.75, 3.05) is 5.32 Å². The van der Waals surface area contributed by atoms with Gasteiger partial charge < -0.3 is 16.8 Å². The van der Waals surface area contributed by atoms with Crippen LogP contribution in [0.2, 0.25) is 5.02 Å². The van der Waals surface area contributed by atoms with Crippen LogP contribution in [0.25, 0.3) is 0 Å². The molecule has 0 bridgehead atoms. The highest BCUT2D eigenvalue weighted by atomic mass is 79.9. The van der Waals surface area contributed by atoms with Crippen LogP contribution in [-0.4, -0.2) is 17.9 Å². The summed E-state index contributed by atoms with van der Waals surface area (Å²) in [5, 5.41) is 3.02. The predicted octanol–water partition coefficient (Wildman–Crippen LogP) is 1.24. The van der Waals surface area contributed by atoms with Gasteiger partial charge in [0.05, 0.1) is 27.6 Å². The molecule has 5 nitrogen and oxygen atoms in total. The van der Waals surface area contributed by atoms with Crippen LogP contribution in [0.1, 0.15) is 6.42 Å². The molecule has 0 aliphatic carbocycles. The first-order chi connectivity index (χ1) is 7.91. The van der Waals surface area contributed by atoms with E-state index in [0.29, 0.717) is 15.2 Å². The number of nitrogens with two attached hydrogens (primary N) is 2. The zero-order chi connectivity index (χ0) is 13.0. The van der Waals surface area contributed by atoms with E-state index >= 15 is 0 Å². The number of carbonyl (C=O) groups excluding carboxylic acids is 2. The average molecular weight is 321 g/mol. The van der Waals surface area contributed by atoms with Crippen LogP contribution < -0.4 is 16.8 Å². The highest BCUT2D eigenvalue weighted by Gasteiger charge is 2.17. The van der Waals surface area contributed by atoms with Gasteiger partial charge in [-0.15, -0.1) is 0 Å². The van der Waals surface area contributed by atoms with Crippen molar-refractivity contribution in [1.82, 2.24) is 0 Å². The molecule has 17 heavy (non-hydrogen) atoms. The minimum absolute atomic E-state index is 0.204. The zero-order valence-corrected chi connectivity index (χ0v) is 11.1. The van der Waals surface area contributed by atoms with Crippen molar-refractivity contribution in [2.45, 2.75) is 12.5 Å². The van der Waals surface area contributed by atoms with Crippen LogP contribution in [-0.2, 0) is 9.59 Å². The van der Waals surface area contributed by atoms with Gasteiger partial charge in [0.15, 0.2) is 0 Å². The zero-order valence-electron chi connectivity index (χ0n) is 8.74. The summed E-state index contributed by atoms with van der Waals surface area (Å²) < 4.78 is 0.557. The standard InChI is InChI=1S/C10H11BrClN3O2/c11-9-5(12)2-1-3-7(9)15-10(17)6(13)4-8(14)16/h1-3,6H,4,13H2,(H2,14,16)(H,15,17). The van der Waals surface area contributed by atoms with Gasteiger partial charge in [0.1, 0.15) is 0 Å². The number of primary amides is 1. The van der Waals surface area contributed by atoms with Gasteiger partial charge in [-0.25, -0.2) is 0 Å². The SMILES string of the molecule is NC(=O)CC(N)C(=O)Nc1cccc(Cl)c1Br. The maximum absolute atomic E-state index is 11.6. The Morgan fingerprint density at radius 2 is 2.12 bits per heavy atom. The van der Waals surface area contributed by atoms with Crippen LogP contribution in [0.5, 0.6) is 0 Å². The average Bonchev–Trinajstić information content (AvgIpc) is 2.23. The molecule has 0 spiro atoms. The van der Waals surface area contributed by atoms with Crippen molar-refractivity contribution in [3.63, 3.8) is 0 Å². The molecule has 0 fully saturated rings. The number of halogens is 2. The molecule has 0 saturated carbocycles. The minimum atomic E-state index is -0.974. The molecule has 5 N–H and O–H groups in total. The fourth-order valence-corrected chi connectivity index (χ4v) is 1.67. The molecular formula is C10H11BrClN3O2. The Labute approximate surface area is 112 Å². The number of hydrogen-bond acceptors (Lipinski definition) is 3. The van der Waals surface area contributed by atoms with Crippen LogP contribution >= 0.6 is 27.5 Å². The Morgan fingerprint density at radius 3 is 2.71 bits per heavy atom. The van der Waals surface area contributed by atoms with Crippen LogP contribution in [0.4, 0.5) is 5.69 Å². The summed E-state index contributed by atoms with van der Waals surface area (Å²) in [6.45, 7) is 0. The molecule has 92 valence electrons. The summed E-state index contributed by atoms with van der Waals surface area (Å²) in [5.41, 5.74) is 10.9. The summed E-state index contributed by atoms with van der Waals surface area (Å²) in [6, 6.07) is 4.04. The van der Waals surface area contributed by atoms with E-state index in [1.54, 1.807) is 18.2 Å². The van der Waals surface area contributed by atoms with E-state index in [1.165, 1.54) is 0 Å². The van der Waals surface area contributed by atoms with Gasteiger partial charge in [-0.2, -0.15) is 0 Å². The van der Waals surface area contributed by atoms with E-state index in [2.05, 4.69) is 21.2 Å². The molecule has 0 aromatic heterocycles. The lowest BCUT2D eigenvalue weighted by atomic mass is 10.2. The quantitative estimate of drug-likeness (QED) is 0.778. The topological polar surface area (TPSA) is 98.2 Å². The van der Waals surface area contributed by atoms with Crippen LogP contribution in [0.3, 0.4) is 0 Å². The predicted molar refractivity (Wildman–Crippen MR) is 69.6 cm³/mol. The fourth-order valence-electron chi connectivity index (χ4n) is 1.14. The van der Waals surface area contributed by atoms with Gasteiger partial charge in [-0.1, -0.05) is 17.7 Å². The Hall–Kier alpha value is -1.11. The van der Waals surface area contributed by atoms with E-state index in [4.69, 9.17) is 23.1 Å². The van der Waals surface area contributed by atoms with Crippen molar-refractivity contribution in [3.8, 4) is 0 Å². The molecule has 1 rings (SSSR count). The van der Waals surface area contributed by atoms with Gasteiger partial charge in [0.25, 0.3) is 0 Å². The molecule has 0 aliphatic heterocycles. The molecule has 7 heteroatoms. The van der Waals surface area contributed by atoms with Crippen LogP contribution in [0.15, 0.2) is 22.7 Å². The highest BCUT2D eigenvalue weighted by Crippen LogP contribution is 2.29. The minimum Gasteiger partial charge on any atom is -0.370 e. The van der Waals surface area contributed by atoms with Crippen molar-refractivity contribution >= 4 is 45.0 Å². The second-order valence-corrected chi connectivity index (χ2v) is 4.57. The van der Waals surface area contributed by atoms with Gasteiger partial charge in [0, 0.05) is 0 Å². The van der Waals surface area contributed by atoms with E-state index in [-0.39, 0.29) is 6.42 Å². The van der Waals surface area contributed by atoms with E-state index < -0.39 is 17.9 Å². The normalized spacial score (nSPS) is 11.9. The smallest absolute Gasteiger partial charge is 0.241 e. The molecule has 0 radical (unpaired) electrons. The lowest BCUT2D eigenvalue weighted by molar-refractivity contribution is -0.123. The first kappa shape index (κ1) is 14.0. The largest absolute Gasteiger partial charge is 0.370 e. The van der Waals surface area contributed by atoms with E-state index in [0.717, 1.165) is 0 Å². The van der Waals surface area contributed by atoms with Gasteiger partial charge in [-0.05, 0) is 28.1 Å². The number of rotatable bonds is 4. The molecule has 0 aliphatic rings. The Balaban J connectivity index is 2.74. The van der Waals surface area contributed by atoms with E-state index in [9.17, 15) is 9.59 Å². The molecular weight excluding hydrogens is 309 g/mol. The highest BCUT2D eigenvalue weighted by molar-refractivity contribution is 9.10. The number of nitrogens with one attached hydrogen (secondary N) is 1. The summed E-state index contributed by atoms with van der Waals surface area (Å²) in [6.07, 6.45) is -0.204. The Bertz CT molecular complexity index is 453. The molecule has 1 aromatic rings. The third-order valence-corrected chi connectivity index (χ3v) is 3.36. The Kier molecular flexibility index (Phi) is 4.92. The van der Waals surface area contributed by atoms with Gasteiger partial charge in [0.2, 0.25) is 11.8 Å². The first-order valence-electron chi connectivity index (χ1n) is 4.70. The second-order valence-electron chi connectivity index (χ2n) is 3.37. The van der Waals surface area contributed by atoms with E-state index in [1.807, 2.05) is 0 Å². The maximum atomic E-state index is 11.6. The van der Waals surface area contributed by atoms with Gasteiger partial charge >= 0.3 is 0 Å². The molecule has 1 aromatic carbocycles. The monoisotopic (exact) mass is 319 g/mol.